The van der Waals surface area contributed by atoms with Crippen molar-refractivity contribution in [1.29, 1.82) is 0 Å². The van der Waals surface area contributed by atoms with Crippen LogP contribution in [0.1, 0.15) is 42.4 Å². The van der Waals surface area contributed by atoms with E-state index in [1.54, 1.807) is 78.8 Å². The molecule has 44 heavy (non-hydrogen) atoms. The molecule has 0 spiro atoms. The maximum absolute atomic E-state index is 13.9. The summed E-state index contributed by atoms with van der Waals surface area (Å²) in [6, 6.07) is 21.4. The van der Waals surface area contributed by atoms with Gasteiger partial charge in [0.25, 0.3) is 5.56 Å². The van der Waals surface area contributed by atoms with Crippen molar-refractivity contribution in [3.8, 4) is 11.4 Å². The monoisotopic (exact) mass is 622 g/mol. The van der Waals surface area contributed by atoms with Gasteiger partial charge in [-0.1, -0.05) is 30.3 Å². The second-order valence-corrected chi connectivity index (χ2v) is 9.98. The predicted octanol–water partition coefficient (Wildman–Crippen LogP) is 6.95. The van der Waals surface area contributed by atoms with Crippen molar-refractivity contribution >= 4 is 29.2 Å². The zero-order valence-corrected chi connectivity index (χ0v) is 24.8. The molecule has 5 aromatic rings. The van der Waals surface area contributed by atoms with E-state index >= 15 is 0 Å². The number of pyridine rings is 1. The number of hydrogen-bond donors (Lipinski definition) is 0. The maximum atomic E-state index is 13.9. The summed E-state index contributed by atoms with van der Waals surface area (Å²) in [6.07, 6.45) is -1.37. The molecule has 228 valence electrons. The lowest BCUT2D eigenvalue weighted by atomic mass is 10.1. The summed E-state index contributed by atoms with van der Waals surface area (Å²) in [7, 11) is 0. The highest BCUT2D eigenvalue weighted by molar-refractivity contribution is 5.85. The van der Waals surface area contributed by atoms with Crippen LogP contribution in [-0.2, 0) is 23.9 Å². The number of aromatic nitrogens is 3. The van der Waals surface area contributed by atoms with Crippen LogP contribution in [0.4, 0.5) is 13.2 Å². The third-order valence-electron chi connectivity index (χ3n) is 7.08. The van der Waals surface area contributed by atoms with Gasteiger partial charge in [0.1, 0.15) is 11.6 Å². The van der Waals surface area contributed by atoms with Gasteiger partial charge in [-0.15, -0.1) is 12.4 Å². The minimum atomic E-state index is -4.48. The molecular formula is C33H30ClF3N4O3. The van der Waals surface area contributed by atoms with Gasteiger partial charge in [-0.05, 0) is 79.6 Å². The van der Waals surface area contributed by atoms with Gasteiger partial charge in [-0.3, -0.25) is 19.1 Å². The van der Waals surface area contributed by atoms with Crippen molar-refractivity contribution in [3.05, 3.63) is 130 Å². The van der Waals surface area contributed by atoms with Crippen molar-refractivity contribution in [2.24, 2.45) is 0 Å². The SMILES string of the molecule is CCOc1ccc(-n2c([C@@H](C)N(Cc3cccnc3)C(=O)Cc3ccc(C(F)(F)F)cc3)nc3ccccc3c2=O)cc1.Cl. The first-order valence-corrected chi connectivity index (χ1v) is 13.7. The molecule has 1 amide bonds. The van der Waals surface area contributed by atoms with Crippen molar-refractivity contribution < 1.29 is 22.7 Å². The number of carbonyl (C=O) groups is 1. The van der Waals surface area contributed by atoms with Crippen LogP contribution in [-0.4, -0.2) is 31.9 Å². The molecule has 0 saturated carbocycles. The van der Waals surface area contributed by atoms with Gasteiger partial charge in [-0.25, -0.2) is 4.98 Å². The minimum absolute atomic E-state index is 0. The van der Waals surface area contributed by atoms with Crippen LogP contribution in [0.2, 0.25) is 0 Å². The van der Waals surface area contributed by atoms with E-state index in [1.165, 1.54) is 16.7 Å². The quantitative estimate of drug-likeness (QED) is 0.178. The summed E-state index contributed by atoms with van der Waals surface area (Å²) < 4.78 is 46.4. The van der Waals surface area contributed by atoms with Crippen molar-refractivity contribution in [3.63, 3.8) is 0 Å². The zero-order chi connectivity index (χ0) is 30.6. The Morgan fingerprint density at radius 2 is 1.66 bits per heavy atom. The van der Waals surface area contributed by atoms with Gasteiger partial charge < -0.3 is 9.64 Å². The first kappa shape index (κ1) is 32.2. The molecular weight excluding hydrogens is 593 g/mol. The molecule has 0 saturated heterocycles. The smallest absolute Gasteiger partial charge is 0.416 e. The number of carbonyl (C=O) groups excluding carboxylic acids is 1. The Bertz CT molecular complexity index is 1780. The highest BCUT2D eigenvalue weighted by Gasteiger charge is 2.31. The van der Waals surface area contributed by atoms with E-state index in [9.17, 15) is 22.8 Å². The number of fused-ring (bicyclic) bond motifs is 1. The summed E-state index contributed by atoms with van der Waals surface area (Å²) in [4.78, 5) is 38.4. The summed E-state index contributed by atoms with van der Waals surface area (Å²) >= 11 is 0. The van der Waals surface area contributed by atoms with Gasteiger partial charge in [0, 0.05) is 18.9 Å². The summed E-state index contributed by atoms with van der Waals surface area (Å²) in [5, 5.41) is 0.419. The molecule has 3 aromatic carbocycles. The summed E-state index contributed by atoms with van der Waals surface area (Å²) in [5.41, 5.74) is 1.11. The van der Waals surface area contributed by atoms with Crippen LogP contribution in [0.5, 0.6) is 5.75 Å². The van der Waals surface area contributed by atoms with Crippen LogP contribution in [0.25, 0.3) is 16.6 Å². The zero-order valence-electron chi connectivity index (χ0n) is 24.0. The topological polar surface area (TPSA) is 77.3 Å². The van der Waals surface area contributed by atoms with E-state index in [0.29, 0.717) is 40.3 Å². The third-order valence-corrected chi connectivity index (χ3v) is 7.08. The molecule has 0 radical (unpaired) electrons. The number of para-hydroxylation sites is 1. The molecule has 0 unspecified atom stereocenters. The minimum Gasteiger partial charge on any atom is -0.494 e. The van der Waals surface area contributed by atoms with Crippen LogP contribution >= 0.6 is 12.4 Å². The van der Waals surface area contributed by atoms with E-state index in [0.717, 1.165) is 17.7 Å². The standard InChI is InChI=1S/C33H29F3N4O3.ClH/c1-3-43-27-16-14-26(15-17-27)40-31(38-29-9-5-4-8-28(29)32(40)42)22(2)39(21-24-7-6-18-37-20-24)30(41)19-23-10-12-25(13-11-23)33(34,35)36;/h4-18,20,22H,3,19,21H2,1-2H3;1H/t22-;/m1./s1. The maximum Gasteiger partial charge on any atom is 0.416 e. The first-order valence-electron chi connectivity index (χ1n) is 13.7. The fourth-order valence-corrected chi connectivity index (χ4v) is 4.89. The van der Waals surface area contributed by atoms with E-state index < -0.39 is 17.8 Å². The molecule has 0 fully saturated rings. The lowest BCUT2D eigenvalue weighted by molar-refractivity contribution is -0.137. The molecule has 5 rings (SSSR count). The first-order chi connectivity index (χ1) is 20.7. The highest BCUT2D eigenvalue weighted by atomic mass is 35.5. The number of alkyl halides is 3. The van der Waals surface area contributed by atoms with Crippen molar-refractivity contribution in [2.75, 3.05) is 6.61 Å². The Morgan fingerprint density at radius 1 is 0.955 bits per heavy atom. The molecule has 0 N–H and O–H groups in total. The van der Waals surface area contributed by atoms with Crippen molar-refractivity contribution in [2.45, 2.75) is 39.0 Å². The lowest BCUT2D eigenvalue weighted by Crippen LogP contribution is -2.38. The predicted molar refractivity (Wildman–Crippen MR) is 164 cm³/mol. The van der Waals surface area contributed by atoms with Gasteiger partial charge in [-0.2, -0.15) is 13.2 Å². The Morgan fingerprint density at radius 3 is 2.30 bits per heavy atom. The Labute approximate surface area is 258 Å². The normalized spacial score (nSPS) is 11.9. The Kier molecular flexibility index (Phi) is 10.1. The van der Waals surface area contributed by atoms with Gasteiger partial charge in [0.15, 0.2) is 0 Å². The van der Waals surface area contributed by atoms with E-state index in [2.05, 4.69) is 4.98 Å². The molecule has 0 bridgehead atoms. The average Bonchev–Trinajstić information content (AvgIpc) is 3.00. The molecule has 2 heterocycles. The fraction of sp³-hybridized carbons (Fsp3) is 0.212. The number of nitrogens with zero attached hydrogens (tertiary/aromatic N) is 4. The second-order valence-electron chi connectivity index (χ2n) is 9.98. The summed E-state index contributed by atoms with van der Waals surface area (Å²) in [6.45, 7) is 4.29. The van der Waals surface area contributed by atoms with Gasteiger partial charge in [0.2, 0.25) is 5.91 Å². The average molecular weight is 623 g/mol. The molecule has 7 nitrogen and oxygen atoms in total. The van der Waals surface area contributed by atoms with Crippen LogP contribution < -0.4 is 10.3 Å². The molecule has 2 aromatic heterocycles. The molecule has 1 atom stereocenters. The Balaban J connectivity index is 0.00000442. The van der Waals surface area contributed by atoms with E-state index in [1.807, 2.05) is 13.0 Å². The van der Waals surface area contributed by atoms with Crippen LogP contribution in [0, 0.1) is 0 Å². The number of halogens is 4. The second kappa shape index (κ2) is 13.7. The number of hydrogen-bond acceptors (Lipinski definition) is 5. The molecule has 0 aliphatic rings. The van der Waals surface area contributed by atoms with E-state index in [-0.39, 0.29) is 36.8 Å². The van der Waals surface area contributed by atoms with E-state index in [4.69, 9.17) is 9.72 Å². The lowest BCUT2D eigenvalue weighted by Gasteiger charge is -2.31. The third kappa shape index (κ3) is 7.08. The number of benzene rings is 3. The van der Waals surface area contributed by atoms with Crippen molar-refractivity contribution in [1.82, 2.24) is 19.4 Å². The molecule has 0 aliphatic carbocycles. The number of rotatable bonds is 9. The van der Waals surface area contributed by atoms with Crippen LogP contribution in [0.3, 0.4) is 0 Å². The number of ether oxygens (including phenoxy) is 1. The number of amides is 1. The molecule has 11 heteroatoms. The van der Waals surface area contributed by atoms with Gasteiger partial charge >= 0.3 is 6.18 Å². The molecule has 0 aliphatic heterocycles. The van der Waals surface area contributed by atoms with Gasteiger partial charge in [0.05, 0.1) is 41.2 Å². The highest BCUT2D eigenvalue weighted by Crippen LogP contribution is 2.30. The van der Waals surface area contributed by atoms with Crippen LogP contribution in [0.15, 0.2) is 102 Å². The summed E-state index contributed by atoms with van der Waals surface area (Å²) in [5.74, 6) is 0.627. The largest absolute Gasteiger partial charge is 0.494 e. The fourth-order valence-electron chi connectivity index (χ4n) is 4.89. The Hall–Kier alpha value is -4.70.